The zero-order valence-corrected chi connectivity index (χ0v) is 16.0. The van der Waals surface area contributed by atoms with Gasteiger partial charge in [-0.15, -0.1) is 0 Å². The summed E-state index contributed by atoms with van der Waals surface area (Å²) in [4.78, 5) is 31.1. The number of halogens is 4. The number of aromatic nitrogens is 2. The number of hydrogen-bond donors (Lipinski definition) is 2. The maximum atomic E-state index is 12.5. The van der Waals surface area contributed by atoms with E-state index in [0.717, 1.165) is 13.2 Å². The minimum atomic E-state index is -3.40. The molecule has 0 spiro atoms. The number of methoxy groups -OCH3 is 1. The van der Waals surface area contributed by atoms with E-state index in [4.69, 9.17) is 0 Å². The first-order valence-electron chi connectivity index (χ1n) is 7.80. The quantitative estimate of drug-likeness (QED) is 0.340. The number of para-hydroxylation sites is 1. The molecule has 0 radical (unpaired) electrons. The summed E-state index contributed by atoms with van der Waals surface area (Å²) in [6.07, 6.45) is 0. The van der Waals surface area contributed by atoms with Crippen molar-refractivity contribution < 1.29 is 50.1 Å². The summed E-state index contributed by atoms with van der Waals surface area (Å²) < 4.78 is 83.7. The van der Waals surface area contributed by atoms with Crippen LogP contribution in [0, 0.1) is 0 Å². The minimum absolute atomic E-state index is 0.171. The molecule has 31 heavy (non-hydrogen) atoms. The van der Waals surface area contributed by atoms with Gasteiger partial charge in [-0.3, -0.25) is 9.87 Å². The molecule has 1 atom stereocenters. The van der Waals surface area contributed by atoms with Crippen LogP contribution in [-0.2, 0) is 16.0 Å². The Hall–Kier alpha value is -3.53. The van der Waals surface area contributed by atoms with Crippen LogP contribution >= 0.6 is 0 Å². The van der Waals surface area contributed by atoms with Crippen LogP contribution in [0.1, 0.15) is 10.4 Å². The number of esters is 1. The van der Waals surface area contributed by atoms with Crippen LogP contribution in [0.2, 0.25) is 0 Å². The molecule has 2 rings (SSSR count). The van der Waals surface area contributed by atoms with Gasteiger partial charge in [0, 0.05) is 0 Å². The summed E-state index contributed by atoms with van der Waals surface area (Å²) in [6, 6.07) is 4.10. The van der Waals surface area contributed by atoms with Gasteiger partial charge in [-0.25, -0.2) is 13.8 Å². The van der Waals surface area contributed by atoms with E-state index in [-0.39, 0.29) is 15.6 Å². The van der Waals surface area contributed by atoms with Gasteiger partial charge in [-0.05, 0) is 12.1 Å². The van der Waals surface area contributed by atoms with E-state index in [2.05, 4.69) is 24.2 Å². The number of carbonyl (C=O) groups excluding carboxylic acids is 2. The van der Waals surface area contributed by atoms with Crippen molar-refractivity contribution >= 4 is 34.9 Å². The van der Waals surface area contributed by atoms with Crippen molar-refractivity contribution in [2.24, 2.45) is 0 Å². The molecule has 0 bridgehead atoms. The number of benzene rings is 1. The monoisotopic (exact) mass is 468 g/mol. The second-order valence-electron chi connectivity index (χ2n) is 5.09. The molecule has 0 saturated heterocycles. The Bertz CT molecular complexity index is 954. The molecule has 2 aromatic rings. The zero-order chi connectivity index (χ0) is 23.1. The fourth-order valence-electron chi connectivity index (χ4n) is 2.11. The van der Waals surface area contributed by atoms with Crippen molar-refractivity contribution in [3.8, 4) is 11.8 Å². The fraction of sp³-hybridized carbons (Fsp3) is 0.200. The largest absolute Gasteiger partial charge is 0.465 e. The van der Waals surface area contributed by atoms with Crippen molar-refractivity contribution in [3.63, 3.8) is 0 Å². The Morgan fingerprint density at radius 2 is 1.65 bits per heavy atom. The lowest BCUT2D eigenvalue weighted by molar-refractivity contribution is -0.0579. The van der Waals surface area contributed by atoms with Crippen LogP contribution in [0.3, 0.4) is 0 Å². The molecule has 1 heterocycles. The summed E-state index contributed by atoms with van der Waals surface area (Å²) in [7, 11) is 1.03. The third kappa shape index (κ3) is 6.48. The van der Waals surface area contributed by atoms with Gasteiger partial charge in [0.15, 0.2) is 0 Å². The van der Waals surface area contributed by atoms with Gasteiger partial charge in [-0.2, -0.15) is 31.8 Å². The lowest BCUT2D eigenvalue weighted by atomic mass is 10.2. The highest BCUT2D eigenvalue weighted by Crippen LogP contribution is 2.25. The van der Waals surface area contributed by atoms with Crippen molar-refractivity contribution in [2.45, 2.75) is 13.2 Å². The van der Waals surface area contributed by atoms with E-state index >= 15 is 0 Å². The number of amides is 2. The number of anilines is 2. The molecule has 0 fully saturated rings. The van der Waals surface area contributed by atoms with Crippen molar-refractivity contribution in [2.75, 3.05) is 16.7 Å². The minimum Gasteiger partial charge on any atom is -0.465 e. The molecule has 11 nitrogen and oxygen atoms in total. The summed E-state index contributed by atoms with van der Waals surface area (Å²) in [5, 5.41) is 1.84. The zero-order valence-electron chi connectivity index (χ0n) is 15.2. The van der Waals surface area contributed by atoms with E-state index in [1.807, 2.05) is 5.32 Å². The van der Waals surface area contributed by atoms with Gasteiger partial charge in [0.25, 0.3) is 11.3 Å². The average molecular weight is 468 g/mol. The molecular weight excluding hydrogens is 456 g/mol. The third-order valence-electron chi connectivity index (χ3n) is 3.19. The van der Waals surface area contributed by atoms with E-state index in [0.29, 0.717) is 6.07 Å². The van der Waals surface area contributed by atoms with Crippen molar-refractivity contribution in [3.05, 3.63) is 35.9 Å². The normalized spacial score (nSPS) is 11.7. The van der Waals surface area contributed by atoms with Gasteiger partial charge >= 0.3 is 25.2 Å². The van der Waals surface area contributed by atoms with Crippen LogP contribution in [0.15, 0.2) is 30.3 Å². The predicted octanol–water partition coefficient (Wildman–Crippen LogP) is 2.64. The maximum Gasteiger partial charge on any atom is 0.388 e. The molecule has 168 valence electrons. The number of rotatable bonds is 8. The molecule has 0 aliphatic carbocycles. The van der Waals surface area contributed by atoms with Gasteiger partial charge in [0.05, 0.1) is 24.4 Å². The Morgan fingerprint density at radius 3 is 2.13 bits per heavy atom. The number of alkyl halides is 4. The van der Waals surface area contributed by atoms with Crippen molar-refractivity contribution in [1.82, 2.24) is 9.97 Å². The van der Waals surface area contributed by atoms with Crippen LogP contribution in [0.5, 0.6) is 11.8 Å². The first-order valence-corrected chi connectivity index (χ1v) is 8.86. The summed E-state index contributed by atoms with van der Waals surface area (Å²) in [5.41, 5.74) is -0.656. The summed E-state index contributed by atoms with van der Waals surface area (Å²) in [6.45, 7) is -6.79. The van der Waals surface area contributed by atoms with E-state index in [9.17, 15) is 35.9 Å². The highest BCUT2D eigenvalue weighted by molar-refractivity contribution is 7.81. The van der Waals surface area contributed by atoms with E-state index < -0.39 is 54.2 Å². The Balaban J connectivity index is 2.41. The molecule has 1 unspecified atom stereocenters. The molecule has 0 aliphatic heterocycles. The average Bonchev–Trinajstić information content (AvgIpc) is 2.66. The van der Waals surface area contributed by atoms with Gasteiger partial charge in [0.1, 0.15) is 0 Å². The predicted molar refractivity (Wildman–Crippen MR) is 95.3 cm³/mol. The lowest BCUT2D eigenvalue weighted by Gasteiger charge is -2.20. The van der Waals surface area contributed by atoms with Gasteiger partial charge in [0.2, 0.25) is 17.7 Å². The number of nitrogens with zero attached hydrogens (tertiary/aromatic N) is 3. The summed E-state index contributed by atoms with van der Waals surface area (Å²) in [5.74, 6) is -3.72. The first kappa shape index (κ1) is 23.7. The Labute approximate surface area is 173 Å². The molecule has 1 aromatic carbocycles. The first-order chi connectivity index (χ1) is 14.6. The fourth-order valence-corrected chi connectivity index (χ4v) is 2.62. The molecule has 2 amide bonds. The molecule has 0 saturated carbocycles. The molecule has 16 heteroatoms. The van der Waals surface area contributed by atoms with E-state index in [1.54, 1.807) is 0 Å². The Morgan fingerprint density at radius 1 is 1.10 bits per heavy atom. The molecular formula is C15H12F4N4O7S. The van der Waals surface area contributed by atoms with Crippen LogP contribution in [0.4, 0.5) is 34.0 Å². The maximum absolute atomic E-state index is 12.5. The summed E-state index contributed by atoms with van der Waals surface area (Å²) >= 11 is -3.06. The Kier molecular flexibility index (Phi) is 8.03. The second kappa shape index (κ2) is 10.5. The molecule has 0 aliphatic rings. The van der Waals surface area contributed by atoms with Gasteiger partial charge < -0.3 is 14.2 Å². The number of hydrogen-bond acceptors (Lipinski definition) is 8. The van der Waals surface area contributed by atoms with Crippen LogP contribution in [0.25, 0.3) is 0 Å². The molecule has 2 N–H and O–H groups in total. The molecule has 1 aromatic heterocycles. The van der Waals surface area contributed by atoms with Crippen LogP contribution in [-0.4, -0.2) is 51.1 Å². The number of nitrogens with one attached hydrogen (secondary N) is 1. The highest BCUT2D eigenvalue weighted by atomic mass is 32.2. The van der Waals surface area contributed by atoms with Crippen molar-refractivity contribution in [1.29, 1.82) is 0 Å². The third-order valence-corrected chi connectivity index (χ3v) is 3.86. The smallest absolute Gasteiger partial charge is 0.388 e. The van der Waals surface area contributed by atoms with E-state index in [1.165, 1.54) is 18.2 Å². The number of urea groups is 1. The number of carbonyl (C=O) groups is 2. The van der Waals surface area contributed by atoms with Crippen LogP contribution < -0.4 is 19.1 Å². The SMILES string of the molecule is COC(=O)c1ccccc1N(C(=O)Nc1nc(OC(F)F)cc(OC(F)F)n1)S(=O)O. The number of ether oxygens (including phenoxy) is 3. The topological polar surface area (TPSA) is 140 Å². The highest BCUT2D eigenvalue weighted by Gasteiger charge is 2.28. The standard InChI is InChI=1S/C15H12F4N4O7S/c1-28-11(24)7-4-2-3-5-8(7)23(31(26)27)15(25)22-14-20-9(29-12(16)17)6-10(21-14)30-13(18)19/h2-6,12-13H,1H3,(H,26,27)(H,20,21,22,25). The van der Waals surface area contributed by atoms with Gasteiger partial charge in [-0.1, -0.05) is 12.1 Å². The second-order valence-corrected chi connectivity index (χ2v) is 5.92. The lowest BCUT2D eigenvalue weighted by Crippen LogP contribution is -2.37.